The Labute approximate surface area is 153 Å². The number of rotatable bonds is 4. The Kier molecular flexibility index (Phi) is 4.37. The van der Waals surface area contributed by atoms with Crippen LogP contribution in [0, 0.1) is 0 Å². The smallest absolute Gasteiger partial charge is 0.387 e. The molecule has 2 heterocycles. The van der Waals surface area contributed by atoms with Crippen LogP contribution in [-0.2, 0) is 11.2 Å². The summed E-state index contributed by atoms with van der Waals surface area (Å²) in [7, 11) is 0. The van der Waals surface area contributed by atoms with E-state index < -0.39 is 6.61 Å². The molecule has 3 aromatic rings. The standard InChI is InChI=1S/C19H14F2N4O2/c20-18(21)27-15-8-4-3-7-14(15)24-19-22-10-11-9-16(26)23-13-6-2-1-5-12(13)17(11)25-19/h1-8,10,18H,9H2,(H,23,26)(H,22,24,25). The third-order valence-electron chi connectivity index (χ3n) is 4.02. The number of benzene rings is 2. The number of alkyl halides is 2. The van der Waals surface area contributed by atoms with E-state index in [1.165, 1.54) is 6.07 Å². The van der Waals surface area contributed by atoms with Crippen LogP contribution in [-0.4, -0.2) is 22.5 Å². The van der Waals surface area contributed by atoms with Crippen molar-refractivity contribution in [2.24, 2.45) is 0 Å². The Morgan fingerprint density at radius 3 is 2.74 bits per heavy atom. The molecular formula is C19H14F2N4O2. The fraction of sp³-hybridized carbons (Fsp3) is 0.105. The molecule has 0 saturated carbocycles. The Hall–Kier alpha value is -3.55. The van der Waals surface area contributed by atoms with E-state index in [1.807, 2.05) is 18.2 Å². The van der Waals surface area contributed by atoms with Gasteiger partial charge in [0, 0.05) is 17.3 Å². The van der Waals surface area contributed by atoms with Gasteiger partial charge in [-0.3, -0.25) is 4.79 Å². The van der Waals surface area contributed by atoms with Crippen molar-refractivity contribution in [2.75, 3.05) is 10.6 Å². The van der Waals surface area contributed by atoms with Crippen LogP contribution in [0.2, 0.25) is 0 Å². The first-order valence-corrected chi connectivity index (χ1v) is 8.16. The largest absolute Gasteiger partial charge is 0.433 e. The molecule has 27 heavy (non-hydrogen) atoms. The van der Waals surface area contributed by atoms with Gasteiger partial charge in [-0.1, -0.05) is 30.3 Å². The predicted octanol–water partition coefficient (Wildman–Crippen LogP) is 3.98. The average molecular weight is 368 g/mol. The van der Waals surface area contributed by atoms with Gasteiger partial charge in [0.1, 0.15) is 5.75 Å². The van der Waals surface area contributed by atoms with E-state index in [0.29, 0.717) is 22.6 Å². The van der Waals surface area contributed by atoms with Gasteiger partial charge >= 0.3 is 6.61 Å². The van der Waals surface area contributed by atoms with Crippen LogP contribution in [0.1, 0.15) is 5.56 Å². The molecule has 0 atom stereocenters. The second-order valence-corrected chi connectivity index (χ2v) is 5.84. The fourth-order valence-electron chi connectivity index (χ4n) is 2.88. The van der Waals surface area contributed by atoms with Gasteiger partial charge in [0.25, 0.3) is 0 Å². The number of nitrogens with zero attached hydrogens (tertiary/aromatic N) is 2. The molecule has 8 heteroatoms. The summed E-state index contributed by atoms with van der Waals surface area (Å²) in [4.78, 5) is 20.8. The van der Waals surface area contributed by atoms with Gasteiger partial charge in [-0.05, 0) is 18.2 Å². The molecule has 4 rings (SSSR count). The maximum Gasteiger partial charge on any atom is 0.387 e. The number of para-hydroxylation sites is 3. The third kappa shape index (κ3) is 3.55. The van der Waals surface area contributed by atoms with Crippen LogP contribution in [0.5, 0.6) is 5.75 Å². The molecule has 2 N–H and O–H groups in total. The molecule has 6 nitrogen and oxygen atoms in total. The van der Waals surface area contributed by atoms with Gasteiger partial charge in [0.05, 0.1) is 23.5 Å². The van der Waals surface area contributed by atoms with Crippen LogP contribution < -0.4 is 15.4 Å². The van der Waals surface area contributed by atoms with Crippen molar-refractivity contribution >= 4 is 23.2 Å². The summed E-state index contributed by atoms with van der Waals surface area (Å²) in [5.74, 6) is 0.0488. The topological polar surface area (TPSA) is 76.1 Å². The summed E-state index contributed by atoms with van der Waals surface area (Å²) in [6, 6.07) is 13.6. The Bertz CT molecular complexity index is 1010. The zero-order valence-corrected chi connectivity index (χ0v) is 13.9. The first-order chi connectivity index (χ1) is 13.1. The SMILES string of the molecule is O=C1Cc2cnc(Nc3ccccc3OC(F)F)nc2-c2ccccc2N1. The minimum absolute atomic E-state index is 0.0108. The van der Waals surface area contributed by atoms with Gasteiger partial charge in [-0.2, -0.15) is 8.78 Å². The lowest BCUT2D eigenvalue weighted by atomic mass is 10.1. The first-order valence-electron chi connectivity index (χ1n) is 8.16. The summed E-state index contributed by atoms with van der Waals surface area (Å²) in [5, 5.41) is 5.74. The quantitative estimate of drug-likeness (QED) is 0.728. The van der Waals surface area contributed by atoms with E-state index in [-0.39, 0.29) is 24.0 Å². The highest BCUT2D eigenvalue weighted by Crippen LogP contribution is 2.33. The van der Waals surface area contributed by atoms with E-state index in [0.717, 1.165) is 5.56 Å². The molecule has 1 amide bonds. The van der Waals surface area contributed by atoms with Crippen LogP contribution >= 0.6 is 0 Å². The number of aromatic nitrogens is 2. The molecule has 1 aromatic heterocycles. The van der Waals surface area contributed by atoms with Crippen molar-refractivity contribution in [1.82, 2.24) is 9.97 Å². The lowest BCUT2D eigenvalue weighted by molar-refractivity contribution is -0.115. The predicted molar refractivity (Wildman–Crippen MR) is 96.2 cm³/mol. The molecule has 1 aliphatic rings. The molecule has 0 radical (unpaired) electrons. The van der Waals surface area contributed by atoms with E-state index in [9.17, 15) is 13.6 Å². The van der Waals surface area contributed by atoms with Crippen LogP contribution in [0.3, 0.4) is 0 Å². The number of ether oxygens (including phenoxy) is 1. The summed E-state index contributed by atoms with van der Waals surface area (Å²) in [5.41, 5.74) is 3.02. The zero-order valence-electron chi connectivity index (χ0n) is 13.9. The number of hydrogen-bond acceptors (Lipinski definition) is 5. The van der Waals surface area contributed by atoms with Gasteiger partial charge in [0.2, 0.25) is 11.9 Å². The fourth-order valence-corrected chi connectivity index (χ4v) is 2.88. The number of anilines is 3. The molecule has 0 aliphatic carbocycles. The molecule has 0 fully saturated rings. The molecule has 2 aromatic carbocycles. The van der Waals surface area contributed by atoms with Crippen molar-refractivity contribution in [1.29, 1.82) is 0 Å². The molecule has 1 aliphatic heterocycles. The van der Waals surface area contributed by atoms with E-state index >= 15 is 0 Å². The second kappa shape index (κ2) is 6.99. The Balaban J connectivity index is 1.73. The number of hydrogen-bond donors (Lipinski definition) is 2. The van der Waals surface area contributed by atoms with E-state index in [1.54, 1.807) is 30.5 Å². The summed E-state index contributed by atoms with van der Waals surface area (Å²) in [6.07, 6.45) is 1.71. The maximum atomic E-state index is 12.6. The van der Waals surface area contributed by atoms with Gasteiger partial charge < -0.3 is 15.4 Å². The highest BCUT2D eigenvalue weighted by molar-refractivity contribution is 5.99. The van der Waals surface area contributed by atoms with Crippen molar-refractivity contribution in [3.8, 4) is 17.0 Å². The number of carbonyl (C=O) groups is 1. The van der Waals surface area contributed by atoms with Crippen LogP contribution in [0.25, 0.3) is 11.3 Å². The minimum atomic E-state index is -2.94. The normalized spacial score (nSPS) is 12.6. The number of fused-ring (bicyclic) bond motifs is 3. The summed E-state index contributed by atoms with van der Waals surface area (Å²) >= 11 is 0. The first kappa shape index (κ1) is 16.9. The molecule has 0 unspecified atom stereocenters. The molecule has 136 valence electrons. The molecular weight excluding hydrogens is 354 g/mol. The maximum absolute atomic E-state index is 12.6. The average Bonchev–Trinajstić information content (AvgIpc) is 2.78. The minimum Gasteiger partial charge on any atom is -0.433 e. The summed E-state index contributed by atoms with van der Waals surface area (Å²) < 4.78 is 29.7. The molecule has 0 saturated heterocycles. The number of carbonyl (C=O) groups excluding carboxylic acids is 1. The van der Waals surface area contributed by atoms with Gasteiger partial charge in [0.15, 0.2) is 0 Å². The number of amides is 1. The van der Waals surface area contributed by atoms with Crippen molar-refractivity contribution in [2.45, 2.75) is 13.0 Å². The lowest BCUT2D eigenvalue weighted by Gasteiger charge is -2.13. The second-order valence-electron chi connectivity index (χ2n) is 5.84. The van der Waals surface area contributed by atoms with Gasteiger partial charge in [-0.15, -0.1) is 0 Å². The zero-order chi connectivity index (χ0) is 18.8. The molecule has 0 spiro atoms. The third-order valence-corrected chi connectivity index (χ3v) is 4.02. The van der Waals surface area contributed by atoms with E-state index in [4.69, 9.17) is 0 Å². The van der Waals surface area contributed by atoms with Crippen molar-refractivity contribution < 1.29 is 18.3 Å². The lowest BCUT2D eigenvalue weighted by Crippen LogP contribution is -2.12. The summed E-state index contributed by atoms with van der Waals surface area (Å²) in [6.45, 7) is -2.94. The number of nitrogens with one attached hydrogen (secondary N) is 2. The molecule has 0 bridgehead atoms. The van der Waals surface area contributed by atoms with E-state index in [2.05, 4.69) is 25.3 Å². The van der Waals surface area contributed by atoms with Crippen LogP contribution in [0.15, 0.2) is 54.7 Å². The van der Waals surface area contributed by atoms with Gasteiger partial charge in [-0.25, -0.2) is 9.97 Å². The monoisotopic (exact) mass is 368 g/mol. The number of halogens is 2. The van der Waals surface area contributed by atoms with Crippen molar-refractivity contribution in [3.63, 3.8) is 0 Å². The highest BCUT2D eigenvalue weighted by Gasteiger charge is 2.21. The highest BCUT2D eigenvalue weighted by atomic mass is 19.3. The Morgan fingerprint density at radius 2 is 1.89 bits per heavy atom. The Morgan fingerprint density at radius 1 is 1.11 bits per heavy atom. The van der Waals surface area contributed by atoms with Crippen molar-refractivity contribution in [3.05, 3.63) is 60.3 Å². The van der Waals surface area contributed by atoms with Crippen LogP contribution in [0.4, 0.5) is 26.1 Å².